The number of nitrogens with one attached hydrogen (secondary N) is 2. The minimum absolute atomic E-state index is 0.0196. The normalized spacial score (nSPS) is 21.3. The largest absolute Gasteiger partial charge is 0.440 e. The summed E-state index contributed by atoms with van der Waals surface area (Å²) >= 11 is 0. The average molecular weight is 361 g/mol. The summed E-state index contributed by atoms with van der Waals surface area (Å²) in [6.07, 6.45) is -5.35. The van der Waals surface area contributed by atoms with E-state index in [9.17, 15) is 31.9 Å². The molecule has 0 aliphatic carbocycles. The third-order valence-electron chi connectivity index (χ3n) is 3.52. The van der Waals surface area contributed by atoms with E-state index in [1.54, 1.807) is 5.32 Å². The van der Waals surface area contributed by atoms with Crippen molar-refractivity contribution in [3.8, 4) is 0 Å². The van der Waals surface area contributed by atoms with Crippen LogP contribution in [0.3, 0.4) is 0 Å². The van der Waals surface area contributed by atoms with E-state index in [1.807, 2.05) is 0 Å². The predicted octanol–water partition coefficient (Wildman–Crippen LogP) is 2.30. The maximum absolute atomic E-state index is 13.8. The van der Waals surface area contributed by atoms with Gasteiger partial charge in [0.2, 0.25) is 5.91 Å². The zero-order chi connectivity index (χ0) is 19.2. The molecule has 2 N–H and O–H groups in total. The number of benzene rings is 1. The number of carbonyl (C=O) groups excluding carboxylic acids is 3. The van der Waals surface area contributed by atoms with E-state index in [-0.39, 0.29) is 4.90 Å². The first-order valence-corrected chi connectivity index (χ1v) is 7.12. The summed E-state index contributed by atoms with van der Waals surface area (Å²) in [5, 5.41) is 3.01. The summed E-state index contributed by atoms with van der Waals surface area (Å²) < 4.78 is 54.7. The van der Waals surface area contributed by atoms with E-state index in [1.165, 1.54) is 38.2 Å². The Kier molecular flexibility index (Phi) is 4.27. The monoisotopic (exact) mass is 361 g/mol. The first-order valence-electron chi connectivity index (χ1n) is 7.12. The van der Waals surface area contributed by atoms with Gasteiger partial charge in [-0.15, -0.1) is 0 Å². The predicted molar refractivity (Wildman–Crippen MR) is 78.8 cm³/mol. The van der Waals surface area contributed by atoms with Gasteiger partial charge >= 0.3 is 12.2 Å². The molecular formula is C15H15F4N3O3. The highest BCUT2D eigenvalue weighted by molar-refractivity contribution is 6.24. The lowest BCUT2D eigenvalue weighted by molar-refractivity contribution is -0.202. The van der Waals surface area contributed by atoms with E-state index in [0.717, 1.165) is 12.1 Å². The molecule has 6 nitrogen and oxygen atoms in total. The van der Waals surface area contributed by atoms with E-state index < -0.39 is 46.6 Å². The molecule has 1 aliphatic heterocycles. The summed E-state index contributed by atoms with van der Waals surface area (Å²) in [7, 11) is 0. The number of nitrogens with zero attached hydrogens (tertiary/aromatic N) is 1. The average Bonchev–Trinajstić information content (AvgIpc) is 2.70. The Morgan fingerprint density at radius 1 is 1.16 bits per heavy atom. The molecule has 2 rings (SSSR count). The lowest BCUT2D eigenvalue weighted by atomic mass is 9.94. The highest BCUT2D eigenvalue weighted by Crippen LogP contribution is 2.37. The minimum atomic E-state index is -5.35. The van der Waals surface area contributed by atoms with Crippen molar-refractivity contribution in [1.29, 1.82) is 0 Å². The molecule has 0 bridgehead atoms. The zero-order valence-electron chi connectivity index (χ0n) is 13.5. The Bertz CT molecular complexity index is 742. The molecule has 136 valence electrons. The smallest absolute Gasteiger partial charge is 0.317 e. The molecule has 0 radical (unpaired) electrons. The summed E-state index contributed by atoms with van der Waals surface area (Å²) in [4.78, 5) is 36.5. The first kappa shape index (κ1) is 18.7. The Morgan fingerprint density at radius 3 is 2.20 bits per heavy atom. The minimum Gasteiger partial charge on any atom is -0.317 e. The second-order valence-corrected chi connectivity index (χ2v) is 6.47. The molecule has 1 aromatic carbocycles. The van der Waals surface area contributed by atoms with Crippen LogP contribution in [-0.4, -0.2) is 29.7 Å². The summed E-state index contributed by atoms with van der Waals surface area (Å²) in [5.74, 6) is -4.02. The zero-order valence-corrected chi connectivity index (χ0v) is 13.5. The molecule has 0 spiro atoms. The van der Waals surface area contributed by atoms with Crippen molar-refractivity contribution >= 4 is 23.5 Å². The van der Waals surface area contributed by atoms with Crippen LogP contribution in [0.2, 0.25) is 0 Å². The number of para-hydroxylation sites is 1. The number of halogens is 4. The van der Waals surface area contributed by atoms with Crippen molar-refractivity contribution < 1.29 is 31.9 Å². The summed E-state index contributed by atoms with van der Waals surface area (Å²) in [6, 6.07) is 2.86. The second-order valence-electron chi connectivity index (χ2n) is 6.47. The fourth-order valence-corrected chi connectivity index (χ4v) is 2.09. The van der Waals surface area contributed by atoms with E-state index in [4.69, 9.17) is 0 Å². The number of carbonyl (C=O) groups is 3. The van der Waals surface area contributed by atoms with Crippen molar-refractivity contribution in [2.45, 2.75) is 32.6 Å². The van der Waals surface area contributed by atoms with Crippen molar-refractivity contribution in [3.63, 3.8) is 0 Å². The molecule has 0 saturated carbocycles. The van der Waals surface area contributed by atoms with Gasteiger partial charge in [-0.05, 0) is 12.1 Å². The molecule has 1 aromatic rings. The van der Waals surface area contributed by atoms with Crippen molar-refractivity contribution in [2.75, 3.05) is 4.90 Å². The molecule has 10 heteroatoms. The maximum atomic E-state index is 13.8. The molecule has 1 heterocycles. The van der Waals surface area contributed by atoms with Crippen LogP contribution in [0.4, 0.5) is 28.0 Å². The van der Waals surface area contributed by atoms with Gasteiger partial charge in [0.15, 0.2) is 0 Å². The van der Waals surface area contributed by atoms with Crippen LogP contribution in [0, 0.1) is 11.2 Å². The summed E-state index contributed by atoms with van der Waals surface area (Å²) in [6.45, 7) is 4.01. The molecule has 4 amide bonds. The first-order chi connectivity index (χ1) is 11.3. The van der Waals surface area contributed by atoms with Gasteiger partial charge in [-0.2, -0.15) is 13.2 Å². The number of anilines is 1. The van der Waals surface area contributed by atoms with Crippen LogP contribution >= 0.6 is 0 Å². The Hall–Kier alpha value is -2.65. The number of alkyl halides is 3. The van der Waals surface area contributed by atoms with Gasteiger partial charge in [0, 0.05) is 5.41 Å². The molecule has 1 saturated heterocycles. The molecule has 0 aromatic heterocycles. The van der Waals surface area contributed by atoms with Gasteiger partial charge < -0.3 is 5.32 Å². The molecule has 1 aliphatic rings. The Morgan fingerprint density at radius 2 is 1.72 bits per heavy atom. The highest BCUT2D eigenvalue weighted by Gasteiger charge is 2.69. The van der Waals surface area contributed by atoms with Gasteiger partial charge in [0.25, 0.3) is 11.6 Å². The fourth-order valence-electron chi connectivity index (χ4n) is 2.09. The van der Waals surface area contributed by atoms with Crippen LogP contribution < -0.4 is 15.5 Å². The van der Waals surface area contributed by atoms with E-state index in [0.29, 0.717) is 0 Å². The highest BCUT2D eigenvalue weighted by atomic mass is 19.4. The number of urea groups is 1. The van der Waals surface area contributed by atoms with Gasteiger partial charge in [0.05, 0.1) is 5.69 Å². The molecule has 25 heavy (non-hydrogen) atoms. The third kappa shape index (κ3) is 3.03. The maximum Gasteiger partial charge on any atom is 0.440 e. The van der Waals surface area contributed by atoms with Crippen molar-refractivity contribution in [2.24, 2.45) is 5.41 Å². The number of imide groups is 1. The van der Waals surface area contributed by atoms with Crippen LogP contribution in [-0.2, 0) is 9.59 Å². The second kappa shape index (κ2) is 5.71. The van der Waals surface area contributed by atoms with Gasteiger partial charge in [0.1, 0.15) is 5.82 Å². The topological polar surface area (TPSA) is 78.5 Å². The van der Waals surface area contributed by atoms with E-state index >= 15 is 0 Å². The number of amides is 4. The molecule has 1 fully saturated rings. The van der Waals surface area contributed by atoms with E-state index in [2.05, 4.69) is 0 Å². The van der Waals surface area contributed by atoms with Gasteiger partial charge in [-0.1, -0.05) is 32.9 Å². The molecule has 1 atom stereocenters. The lowest BCUT2D eigenvalue weighted by Gasteiger charge is -2.32. The van der Waals surface area contributed by atoms with Gasteiger partial charge in [-0.25, -0.2) is 14.1 Å². The SMILES string of the molecule is CC(C)(C)C(=O)N[C@@]1(C(F)(F)F)NC(=O)N(c2ccccc2F)C1=O. The van der Waals surface area contributed by atoms with Crippen LogP contribution in [0.5, 0.6) is 0 Å². The Balaban J connectivity index is 2.53. The number of hydrogen-bond donors (Lipinski definition) is 2. The molecular weight excluding hydrogens is 346 g/mol. The third-order valence-corrected chi connectivity index (χ3v) is 3.52. The summed E-state index contributed by atoms with van der Waals surface area (Å²) in [5.41, 5.74) is -5.59. The lowest BCUT2D eigenvalue weighted by Crippen LogP contribution is -2.70. The number of hydrogen-bond acceptors (Lipinski definition) is 3. The van der Waals surface area contributed by atoms with Crippen LogP contribution in [0.15, 0.2) is 24.3 Å². The van der Waals surface area contributed by atoms with Crippen LogP contribution in [0.25, 0.3) is 0 Å². The van der Waals surface area contributed by atoms with Crippen molar-refractivity contribution in [3.05, 3.63) is 30.1 Å². The van der Waals surface area contributed by atoms with Crippen LogP contribution in [0.1, 0.15) is 20.8 Å². The number of rotatable bonds is 2. The Labute approximate surface area is 140 Å². The van der Waals surface area contributed by atoms with Gasteiger partial charge in [-0.3, -0.25) is 14.9 Å². The van der Waals surface area contributed by atoms with Crippen molar-refractivity contribution in [1.82, 2.24) is 10.6 Å². The standard InChI is InChI=1S/C15H15F4N3O3/c1-13(2,3)10(23)20-14(15(17,18)19)11(24)22(12(25)21-14)9-7-5-4-6-8(9)16/h4-7H,1-3H3,(H,20,23)(H,21,25)/t14-/m1/s1. The fraction of sp³-hybridized carbons (Fsp3) is 0.400. The molecule has 0 unspecified atom stereocenters. The quantitative estimate of drug-likeness (QED) is 0.627.